The van der Waals surface area contributed by atoms with E-state index in [4.69, 9.17) is 0 Å². The highest BCUT2D eigenvalue weighted by Gasteiger charge is 2.33. The molecule has 1 heterocycles. The van der Waals surface area contributed by atoms with Gasteiger partial charge in [-0.2, -0.15) is 0 Å². The second kappa shape index (κ2) is 8.03. The van der Waals surface area contributed by atoms with Gasteiger partial charge in [0.05, 0.1) is 0 Å². The van der Waals surface area contributed by atoms with Crippen LogP contribution in [0, 0.1) is 5.41 Å². The first-order chi connectivity index (χ1) is 13.7. The third-order valence-electron chi connectivity index (χ3n) is 5.07. The van der Waals surface area contributed by atoms with Crippen LogP contribution in [0.4, 0.5) is 0 Å². The van der Waals surface area contributed by atoms with Crippen molar-refractivity contribution in [2.75, 3.05) is 13.1 Å². The van der Waals surface area contributed by atoms with Gasteiger partial charge in [-0.1, -0.05) is 44.2 Å². The summed E-state index contributed by atoms with van der Waals surface area (Å²) in [4.78, 5) is 53.1. The third kappa shape index (κ3) is 4.80. The molecule has 7 nitrogen and oxygen atoms in total. The zero-order valence-corrected chi connectivity index (χ0v) is 16.5. The number of carboxylic acids is 1. The van der Waals surface area contributed by atoms with Gasteiger partial charge in [0.15, 0.2) is 5.78 Å². The number of hydrogen-bond acceptors (Lipinski definition) is 4. The molecule has 1 aromatic carbocycles. The number of fused-ring (bicyclic) bond motifs is 1. The molecule has 1 amide bonds. The van der Waals surface area contributed by atoms with Crippen LogP contribution in [0.1, 0.15) is 52.2 Å². The lowest BCUT2D eigenvalue weighted by Crippen LogP contribution is -2.40. The van der Waals surface area contributed by atoms with Crippen LogP contribution in [-0.2, 0) is 17.6 Å². The number of pyridine rings is 1. The maximum Gasteiger partial charge on any atom is 0.323 e. The second-order valence-electron chi connectivity index (χ2n) is 8.20. The van der Waals surface area contributed by atoms with E-state index in [1.165, 1.54) is 6.07 Å². The van der Waals surface area contributed by atoms with Crippen LogP contribution < -0.4 is 5.56 Å². The lowest BCUT2D eigenvalue weighted by Gasteiger charge is -2.30. The molecule has 0 radical (unpaired) electrons. The van der Waals surface area contributed by atoms with E-state index in [2.05, 4.69) is 4.98 Å². The van der Waals surface area contributed by atoms with Gasteiger partial charge in [-0.15, -0.1) is 0 Å². The quantitative estimate of drug-likeness (QED) is 0.779. The standard InChI is InChI=1S/C22H24N2O5/c1-22(2)11-17-15(18(25)12-22)10-16(20(28)23-17)21(29)24(13-19(26)27)9-8-14-6-4-3-5-7-14/h3-7,10H,8-9,11-13H2,1-2H3,(H,23,28)(H,26,27). The van der Waals surface area contributed by atoms with Crippen molar-refractivity contribution in [1.82, 2.24) is 9.88 Å². The molecule has 0 spiro atoms. The average molecular weight is 396 g/mol. The van der Waals surface area contributed by atoms with Crippen LogP contribution in [0.25, 0.3) is 0 Å². The van der Waals surface area contributed by atoms with Crippen LogP contribution >= 0.6 is 0 Å². The van der Waals surface area contributed by atoms with Gasteiger partial charge < -0.3 is 15.0 Å². The Morgan fingerprint density at radius 2 is 1.83 bits per heavy atom. The monoisotopic (exact) mass is 396 g/mol. The molecule has 0 atom stereocenters. The number of rotatable bonds is 6. The normalized spacial score (nSPS) is 14.9. The van der Waals surface area contributed by atoms with Gasteiger partial charge in [0, 0.05) is 24.2 Å². The fraction of sp³-hybridized carbons (Fsp3) is 0.364. The molecule has 0 bridgehead atoms. The van der Waals surface area contributed by atoms with Crippen molar-refractivity contribution in [2.24, 2.45) is 5.41 Å². The summed E-state index contributed by atoms with van der Waals surface area (Å²) in [5, 5.41) is 9.20. The van der Waals surface area contributed by atoms with Crippen molar-refractivity contribution in [1.29, 1.82) is 0 Å². The molecule has 0 saturated carbocycles. The molecule has 7 heteroatoms. The van der Waals surface area contributed by atoms with E-state index in [1.54, 1.807) is 0 Å². The molecule has 2 N–H and O–H groups in total. The highest BCUT2D eigenvalue weighted by Crippen LogP contribution is 2.33. The zero-order chi connectivity index (χ0) is 21.2. The Morgan fingerprint density at radius 1 is 1.14 bits per heavy atom. The first-order valence-electron chi connectivity index (χ1n) is 9.51. The summed E-state index contributed by atoms with van der Waals surface area (Å²) < 4.78 is 0. The summed E-state index contributed by atoms with van der Waals surface area (Å²) >= 11 is 0. The van der Waals surface area contributed by atoms with Crippen LogP contribution in [0.2, 0.25) is 0 Å². The number of aromatic amines is 1. The Morgan fingerprint density at radius 3 is 2.48 bits per heavy atom. The summed E-state index contributed by atoms with van der Waals surface area (Å²) in [5.41, 5.74) is 0.754. The first-order valence-corrected chi connectivity index (χ1v) is 9.51. The molecule has 0 saturated heterocycles. The lowest BCUT2D eigenvalue weighted by atomic mass is 9.75. The predicted octanol–water partition coefficient (Wildman–Crippen LogP) is 2.30. The van der Waals surface area contributed by atoms with Gasteiger partial charge >= 0.3 is 5.97 Å². The summed E-state index contributed by atoms with van der Waals surface area (Å²) in [5.74, 6) is -1.99. The van der Waals surface area contributed by atoms with Gasteiger partial charge in [-0.25, -0.2) is 0 Å². The van der Waals surface area contributed by atoms with Crippen molar-refractivity contribution >= 4 is 17.7 Å². The van der Waals surface area contributed by atoms with Crippen molar-refractivity contribution < 1.29 is 19.5 Å². The number of ketones is 1. The SMILES string of the molecule is CC1(C)CC(=O)c2cc(C(=O)N(CCc3ccccc3)CC(=O)O)c(=O)[nH]c2C1. The molecule has 0 aliphatic heterocycles. The fourth-order valence-electron chi connectivity index (χ4n) is 3.68. The molecule has 3 rings (SSSR count). The minimum absolute atomic E-state index is 0.129. The number of aliphatic carboxylic acids is 1. The highest BCUT2D eigenvalue weighted by atomic mass is 16.4. The van der Waals surface area contributed by atoms with Crippen LogP contribution in [0.15, 0.2) is 41.2 Å². The minimum Gasteiger partial charge on any atom is -0.480 e. The topological polar surface area (TPSA) is 108 Å². The van der Waals surface area contributed by atoms with E-state index < -0.39 is 24.0 Å². The maximum atomic E-state index is 13.0. The van der Waals surface area contributed by atoms with Crippen molar-refractivity contribution in [2.45, 2.75) is 33.1 Å². The van der Waals surface area contributed by atoms with Gasteiger partial charge in [-0.05, 0) is 29.9 Å². The molecule has 152 valence electrons. The molecule has 1 aliphatic rings. The Labute approximate surface area is 168 Å². The summed E-state index contributed by atoms with van der Waals surface area (Å²) in [7, 11) is 0. The van der Waals surface area contributed by atoms with Crippen molar-refractivity contribution in [3.63, 3.8) is 0 Å². The van der Waals surface area contributed by atoms with E-state index in [0.29, 0.717) is 30.5 Å². The molecule has 2 aromatic rings. The number of nitrogens with zero attached hydrogens (tertiary/aromatic N) is 1. The number of carbonyl (C=O) groups is 3. The summed E-state index contributed by atoms with van der Waals surface area (Å²) in [6, 6.07) is 10.7. The molecule has 29 heavy (non-hydrogen) atoms. The number of H-pyrrole nitrogens is 1. The third-order valence-corrected chi connectivity index (χ3v) is 5.07. The molecule has 1 aromatic heterocycles. The van der Waals surface area contributed by atoms with Crippen LogP contribution in [0.3, 0.4) is 0 Å². The van der Waals surface area contributed by atoms with Gasteiger partial charge in [0.1, 0.15) is 12.1 Å². The Balaban J connectivity index is 1.89. The van der Waals surface area contributed by atoms with Gasteiger partial charge in [0.2, 0.25) is 0 Å². The Kier molecular flexibility index (Phi) is 5.68. The lowest BCUT2D eigenvalue weighted by molar-refractivity contribution is -0.137. The van der Waals surface area contributed by atoms with Gasteiger partial charge in [0.25, 0.3) is 11.5 Å². The van der Waals surface area contributed by atoms with E-state index in [9.17, 15) is 24.3 Å². The minimum atomic E-state index is -1.17. The Hall–Kier alpha value is -3.22. The number of amides is 1. The number of benzene rings is 1. The smallest absolute Gasteiger partial charge is 0.323 e. The van der Waals surface area contributed by atoms with E-state index in [1.807, 2.05) is 44.2 Å². The number of carbonyl (C=O) groups excluding carboxylic acids is 2. The van der Waals surface area contributed by atoms with E-state index in [0.717, 1.165) is 10.5 Å². The number of Topliss-reactive ketones (excluding diaryl/α,β-unsaturated/α-hetero) is 1. The maximum absolute atomic E-state index is 13.0. The van der Waals surface area contributed by atoms with Crippen molar-refractivity contribution in [3.8, 4) is 0 Å². The van der Waals surface area contributed by atoms with E-state index >= 15 is 0 Å². The van der Waals surface area contributed by atoms with Crippen LogP contribution in [0.5, 0.6) is 0 Å². The highest BCUT2D eigenvalue weighted by molar-refractivity contribution is 6.02. The molecular weight excluding hydrogens is 372 g/mol. The average Bonchev–Trinajstić information content (AvgIpc) is 2.63. The summed E-state index contributed by atoms with van der Waals surface area (Å²) in [6.45, 7) is 3.52. The number of nitrogens with one attached hydrogen (secondary N) is 1. The van der Waals surface area contributed by atoms with Crippen molar-refractivity contribution in [3.05, 3.63) is 69.1 Å². The number of hydrogen-bond donors (Lipinski definition) is 2. The molecule has 1 aliphatic carbocycles. The van der Waals surface area contributed by atoms with Crippen LogP contribution in [-0.4, -0.2) is 45.7 Å². The van der Waals surface area contributed by atoms with Gasteiger partial charge in [-0.3, -0.25) is 19.2 Å². The first kappa shape index (κ1) is 20.5. The second-order valence-corrected chi connectivity index (χ2v) is 8.20. The predicted molar refractivity (Wildman–Crippen MR) is 107 cm³/mol. The summed E-state index contributed by atoms with van der Waals surface area (Å²) in [6.07, 6.45) is 1.31. The number of carboxylic acid groups (broad SMARTS) is 1. The number of aromatic nitrogens is 1. The largest absolute Gasteiger partial charge is 0.480 e. The molecular formula is C22H24N2O5. The molecule has 0 unspecified atom stereocenters. The molecule has 0 fully saturated rings. The Bertz CT molecular complexity index is 1010. The zero-order valence-electron chi connectivity index (χ0n) is 16.5. The van der Waals surface area contributed by atoms with E-state index in [-0.39, 0.29) is 23.3 Å². The fourth-order valence-corrected chi connectivity index (χ4v) is 3.68.